The van der Waals surface area contributed by atoms with E-state index < -0.39 is 11.5 Å². The number of rotatable bonds is 1. The van der Waals surface area contributed by atoms with Crippen LogP contribution < -0.4 is 16.1 Å². The van der Waals surface area contributed by atoms with Crippen molar-refractivity contribution in [2.24, 2.45) is 5.73 Å². The monoisotopic (exact) mass is 394 g/mol. The highest BCUT2D eigenvalue weighted by Crippen LogP contribution is 2.44. The average molecular weight is 395 g/mol. The lowest BCUT2D eigenvalue weighted by atomic mass is 9.82. The van der Waals surface area contributed by atoms with Gasteiger partial charge in [-0.3, -0.25) is 0 Å². The summed E-state index contributed by atoms with van der Waals surface area (Å²) in [7, 11) is 0. The summed E-state index contributed by atoms with van der Waals surface area (Å²) in [6, 6.07) is 16.8. The highest BCUT2D eigenvalue weighted by molar-refractivity contribution is 9.10. The van der Waals surface area contributed by atoms with Gasteiger partial charge in [0.25, 0.3) is 0 Å². The van der Waals surface area contributed by atoms with Crippen LogP contribution in [0.1, 0.15) is 17.0 Å². The number of nitriles is 1. The molecular formula is C19H11BrN2O3. The van der Waals surface area contributed by atoms with E-state index in [0.29, 0.717) is 16.5 Å². The summed E-state index contributed by atoms with van der Waals surface area (Å²) in [5, 5.41) is 10.3. The molecule has 0 spiro atoms. The number of para-hydroxylation sites is 1. The number of nitrogens with zero attached hydrogens (tertiary/aromatic N) is 1. The molecule has 6 heteroatoms. The highest BCUT2D eigenvalue weighted by Gasteiger charge is 2.34. The fraction of sp³-hybridized carbons (Fsp3) is 0.0526. The van der Waals surface area contributed by atoms with Crippen molar-refractivity contribution in [1.29, 1.82) is 5.26 Å². The van der Waals surface area contributed by atoms with Crippen LogP contribution in [0.2, 0.25) is 0 Å². The predicted molar refractivity (Wildman–Crippen MR) is 95.9 cm³/mol. The van der Waals surface area contributed by atoms with Gasteiger partial charge in [-0.25, -0.2) is 4.79 Å². The molecule has 0 bridgehead atoms. The van der Waals surface area contributed by atoms with Crippen LogP contribution in [0.25, 0.3) is 11.0 Å². The summed E-state index contributed by atoms with van der Waals surface area (Å²) in [5.74, 6) is -0.551. The van der Waals surface area contributed by atoms with Crippen molar-refractivity contribution in [3.63, 3.8) is 0 Å². The number of halogens is 1. The molecule has 0 fully saturated rings. The SMILES string of the molecule is N#CC1=C(N)Oc2c(c3ccccc3oc2=O)C1c1ccc(Br)cc1. The van der Waals surface area contributed by atoms with Gasteiger partial charge in [0.05, 0.1) is 5.92 Å². The molecule has 0 aliphatic carbocycles. The number of fused-ring (bicyclic) bond motifs is 3. The molecule has 1 aliphatic heterocycles. The van der Waals surface area contributed by atoms with Crippen molar-refractivity contribution in [1.82, 2.24) is 0 Å². The lowest BCUT2D eigenvalue weighted by molar-refractivity contribution is 0.368. The Morgan fingerprint density at radius 2 is 1.84 bits per heavy atom. The molecule has 0 amide bonds. The van der Waals surface area contributed by atoms with Crippen molar-refractivity contribution < 1.29 is 9.15 Å². The second-order valence-corrected chi connectivity index (χ2v) is 6.52. The first kappa shape index (κ1) is 15.5. The van der Waals surface area contributed by atoms with Gasteiger partial charge in [0, 0.05) is 15.4 Å². The van der Waals surface area contributed by atoms with E-state index in [9.17, 15) is 10.1 Å². The van der Waals surface area contributed by atoms with Gasteiger partial charge in [0.15, 0.2) is 0 Å². The third-order valence-corrected chi connectivity index (χ3v) is 4.72. The van der Waals surface area contributed by atoms with Gasteiger partial charge in [0.1, 0.15) is 17.2 Å². The molecule has 1 aromatic heterocycles. The minimum atomic E-state index is -0.615. The largest absolute Gasteiger partial charge is 0.432 e. The van der Waals surface area contributed by atoms with Crippen LogP contribution in [0.5, 0.6) is 5.75 Å². The summed E-state index contributed by atoms with van der Waals surface area (Å²) in [6.45, 7) is 0. The van der Waals surface area contributed by atoms with Crippen molar-refractivity contribution in [3.05, 3.63) is 86.0 Å². The van der Waals surface area contributed by atoms with Crippen LogP contribution in [0, 0.1) is 11.3 Å². The maximum atomic E-state index is 12.4. The van der Waals surface area contributed by atoms with Crippen molar-refractivity contribution >= 4 is 26.9 Å². The average Bonchev–Trinajstić information content (AvgIpc) is 2.62. The summed E-state index contributed by atoms with van der Waals surface area (Å²) in [5.41, 5.74) is 7.45. The second-order valence-electron chi connectivity index (χ2n) is 5.60. The molecule has 1 aliphatic rings. The van der Waals surface area contributed by atoms with E-state index in [4.69, 9.17) is 14.9 Å². The van der Waals surface area contributed by atoms with E-state index in [1.807, 2.05) is 36.4 Å². The van der Waals surface area contributed by atoms with Gasteiger partial charge >= 0.3 is 5.63 Å². The van der Waals surface area contributed by atoms with E-state index in [2.05, 4.69) is 22.0 Å². The molecule has 0 saturated heterocycles. The zero-order chi connectivity index (χ0) is 17.6. The summed E-state index contributed by atoms with van der Waals surface area (Å²) >= 11 is 3.41. The number of hydrogen-bond donors (Lipinski definition) is 1. The van der Waals surface area contributed by atoms with Gasteiger partial charge in [-0.1, -0.05) is 46.3 Å². The molecule has 1 atom stereocenters. The quantitative estimate of drug-likeness (QED) is 0.634. The maximum Gasteiger partial charge on any atom is 0.380 e. The lowest BCUT2D eigenvalue weighted by Gasteiger charge is -2.26. The Hall–Kier alpha value is -3.04. The smallest absolute Gasteiger partial charge is 0.380 e. The van der Waals surface area contributed by atoms with Crippen molar-refractivity contribution in [3.8, 4) is 11.8 Å². The first-order valence-electron chi connectivity index (χ1n) is 7.49. The number of nitrogens with two attached hydrogens (primary N) is 1. The third-order valence-electron chi connectivity index (χ3n) is 4.19. The second kappa shape index (κ2) is 5.80. The van der Waals surface area contributed by atoms with Crippen LogP contribution in [0.15, 0.2) is 73.7 Å². The minimum absolute atomic E-state index is 0.0307. The van der Waals surface area contributed by atoms with Crippen LogP contribution >= 0.6 is 15.9 Å². The van der Waals surface area contributed by atoms with Gasteiger partial charge in [-0.2, -0.15) is 5.26 Å². The fourth-order valence-corrected chi connectivity index (χ4v) is 3.36. The lowest BCUT2D eigenvalue weighted by Crippen LogP contribution is -2.25. The molecule has 3 aromatic rings. The summed E-state index contributed by atoms with van der Waals surface area (Å²) in [4.78, 5) is 12.4. The highest BCUT2D eigenvalue weighted by atomic mass is 79.9. The van der Waals surface area contributed by atoms with Gasteiger partial charge in [0.2, 0.25) is 11.6 Å². The molecule has 25 heavy (non-hydrogen) atoms. The fourth-order valence-electron chi connectivity index (χ4n) is 3.10. The van der Waals surface area contributed by atoms with Gasteiger partial charge in [-0.05, 0) is 23.8 Å². The van der Waals surface area contributed by atoms with Crippen LogP contribution in [-0.4, -0.2) is 0 Å². The van der Waals surface area contributed by atoms with Crippen LogP contribution in [0.4, 0.5) is 0 Å². The molecule has 2 heterocycles. The normalized spacial score (nSPS) is 16.2. The van der Waals surface area contributed by atoms with E-state index in [-0.39, 0.29) is 17.2 Å². The third kappa shape index (κ3) is 2.41. The summed E-state index contributed by atoms with van der Waals surface area (Å²) < 4.78 is 11.7. The number of benzene rings is 2. The zero-order valence-corrected chi connectivity index (χ0v) is 14.4. The van der Waals surface area contributed by atoms with Crippen molar-refractivity contribution in [2.75, 3.05) is 0 Å². The Morgan fingerprint density at radius 3 is 2.56 bits per heavy atom. The minimum Gasteiger partial charge on any atom is -0.432 e. The Balaban J connectivity index is 2.11. The van der Waals surface area contributed by atoms with E-state index in [1.54, 1.807) is 12.1 Å². The molecule has 5 nitrogen and oxygen atoms in total. The van der Waals surface area contributed by atoms with E-state index >= 15 is 0 Å². The Kier molecular flexibility index (Phi) is 3.59. The van der Waals surface area contributed by atoms with Crippen LogP contribution in [-0.2, 0) is 0 Å². The predicted octanol–water partition coefficient (Wildman–Crippen LogP) is 3.77. The van der Waals surface area contributed by atoms with Crippen molar-refractivity contribution in [2.45, 2.75) is 5.92 Å². The molecule has 2 aromatic carbocycles. The topological polar surface area (TPSA) is 89.2 Å². The van der Waals surface area contributed by atoms with Gasteiger partial charge in [-0.15, -0.1) is 0 Å². The number of hydrogen-bond acceptors (Lipinski definition) is 5. The van der Waals surface area contributed by atoms with E-state index in [0.717, 1.165) is 10.0 Å². The molecule has 1 unspecified atom stereocenters. The molecule has 2 N–H and O–H groups in total. The first-order chi connectivity index (χ1) is 12.1. The molecule has 0 saturated carbocycles. The molecule has 4 rings (SSSR count). The number of allylic oxidation sites excluding steroid dienone is 1. The Labute approximate surface area is 151 Å². The zero-order valence-electron chi connectivity index (χ0n) is 12.8. The van der Waals surface area contributed by atoms with Gasteiger partial charge < -0.3 is 14.9 Å². The molecule has 122 valence electrons. The number of ether oxygens (including phenoxy) is 1. The summed E-state index contributed by atoms with van der Waals surface area (Å²) in [6.07, 6.45) is 0. The standard InChI is InChI=1S/C19H11BrN2O3/c20-11-7-5-10(6-8-11)15-13(9-21)18(22)25-17-16(15)12-3-1-2-4-14(12)24-19(17)23/h1-8,15H,22H2. The molecular weight excluding hydrogens is 384 g/mol. The Bertz CT molecular complexity index is 1120. The van der Waals surface area contributed by atoms with E-state index in [1.165, 1.54) is 0 Å². The first-order valence-corrected chi connectivity index (χ1v) is 8.28. The molecule has 0 radical (unpaired) electrons. The Morgan fingerprint density at radius 1 is 1.12 bits per heavy atom. The van der Waals surface area contributed by atoms with Crippen LogP contribution in [0.3, 0.4) is 0 Å². The maximum absolute atomic E-state index is 12.4.